The maximum Gasteiger partial charge on any atom is 0.268 e. The molecule has 0 amide bonds. The molecule has 1 aromatic rings. The first-order valence-electron chi connectivity index (χ1n) is 4.10. The minimum absolute atomic E-state index is 0.0301. The molecule has 1 heterocycles. The average molecular weight is 168 g/mol. The third-order valence-corrected chi connectivity index (χ3v) is 2.11. The Hall–Kier alpha value is -0.990. The Morgan fingerprint density at radius 2 is 1.83 bits per heavy atom. The number of nitrogens with zero attached hydrogens (tertiary/aromatic N) is 1. The van der Waals surface area contributed by atoms with Gasteiger partial charge in [0.2, 0.25) is 0 Å². The number of nitrogens with one attached hydrogen (secondary N) is 1. The predicted molar refractivity (Wildman–Crippen MR) is 49.5 cm³/mol. The fourth-order valence-corrected chi connectivity index (χ4v) is 1.51. The van der Waals surface area contributed by atoms with Crippen molar-refractivity contribution >= 4 is 0 Å². The number of aromatic amines is 1. The summed E-state index contributed by atoms with van der Waals surface area (Å²) < 4.78 is 1.77. The Labute approximate surface area is 72.4 Å². The van der Waals surface area contributed by atoms with Crippen LogP contribution in [0.5, 0.6) is 0 Å². The molecule has 0 aliphatic carbocycles. The standard InChI is InChI=1S/C9H16N2O/c1-6-7(9(2,3)4)8(12)10-11(6)5/h1-5H3,(H,10,12). The lowest BCUT2D eigenvalue weighted by atomic mass is 9.87. The highest BCUT2D eigenvalue weighted by Crippen LogP contribution is 2.21. The van der Waals surface area contributed by atoms with Crippen molar-refractivity contribution in [3.63, 3.8) is 0 Å². The molecular weight excluding hydrogens is 152 g/mol. The van der Waals surface area contributed by atoms with E-state index in [1.54, 1.807) is 4.68 Å². The van der Waals surface area contributed by atoms with Crippen LogP contribution in [0.2, 0.25) is 0 Å². The zero-order valence-electron chi connectivity index (χ0n) is 8.36. The van der Waals surface area contributed by atoms with E-state index >= 15 is 0 Å². The largest absolute Gasteiger partial charge is 0.292 e. The summed E-state index contributed by atoms with van der Waals surface area (Å²) >= 11 is 0. The van der Waals surface area contributed by atoms with Crippen LogP contribution in [0.4, 0.5) is 0 Å². The van der Waals surface area contributed by atoms with Crippen LogP contribution >= 0.6 is 0 Å². The molecule has 0 unspecified atom stereocenters. The second kappa shape index (κ2) is 2.51. The average Bonchev–Trinajstić information content (AvgIpc) is 2.05. The SMILES string of the molecule is Cc1c(C(C)(C)C)c(=O)[nH]n1C. The van der Waals surface area contributed by atoms with Crippen LogP contribution in [0.15, 0.2) is 4.79 Å². The van der Waals surface area contributed by atoms with Gasteiger partial charge in [-0.1, -0.05) is 20.8 Å². The molecule has 0 bridgehead atoms. The van der Waals surface area contributed by atoms with Gasteiger partial charge in [-0.15, -0.1) is 0 Å². The van der Waals surface area contributed by atoms with Gasteiger partial charge in [0.05, 0.1) is 0 Å². The summed E-state index contributed by atoms with van der Waals surface area (Å²) in [6.07, 6.45) is 0. The fourth-order valence-electron chi connectivity index (χ4n) is 1.51. The maximum atomic E-state index is 11.4. The number of hydrogen-bond acceptors (Lipinski definition) is 1. The van der Waals surface area contributed by atoms with Crippen LogP contribution < -0.4 is 5.56 Å². The smallest absolute Gasteiger partial charge is 0.268 e. The molecule has 0 saturated heterocycles. The quantitative estimate of drug-likeness (QED) is 0.623. The van der Waals surface area contributed by atoms with Gasteiger partial charge in [-0.2, -0.15) is 0 Å². The third kappa shape index (κ3) is 1.31. The molecule has 3 heteroatoms. The number of rotatable bonds is 0. The summed E-state index contributed by atoms with van der Waals surface area (Å²) in [5.74, 6) is 0. The van der Waals surface area contributed by atoms with E-state index in [-0.39, 0.29) is 11.0 Å². The highest BCUT2D eigenvalue weighted by atomic mass is 16.1. The van der Waals surface area contributed by atoms with E-state index in [1.807, 2.05) is 34.7 Å². The lowest BCUT2D eigenvalue weighted by Crippen LogP contribution is -2.21. The van der Waals surface area contributed by atoms with E-state index in [2.05, 4.69) is 5.10 Å². The molecule has 0 saturated carbocycles. The molecule has 0 atom stereocenters. The topological polar surface area (TPSA) is 37.8 Å². The van der Waals surface area contributed by atoms with E-state index in [0.29, 0.717) is 0 Å². The van der Waals surface area contributed by atoms with E-state index < -0.39 is 0 Å². The van der Waals surface area contributed by atoms with E-state index in [1.165, 1.54) is 0 Å². The van der Waals surface area contributed by atoms with Gasteiger partial charge in [-0.3, -0.25) is 14.6 Å². The lowest BCUT2D eigenvalue weighted by Gasteiger charge is -2.16. The Morgan fingerprint density at radius 1 is 1.33 bits per heavy atom. The summed E-state index contributed by atoms with van der Waals surface area (Å²) in [7, 11) is 1.85. The molecule has 68 valence electrons. The molecule has 1 N–H and O–H groups in total. The molecule has 3 nitrogen and oxygen atoms in total. The normalized spacial score (nSPS) is 12.1. The van der Waals surface area contributed by atoms with Gasteiger partial charge < -0.3 is 0 Å². The molecular formula is C9H16N2O. The minimum atomic E-state index is -0.0705. The van der Waals surface area contributed by atoms with Crippen molar-refractivity contribution in [2.45, 2.75) is 33.1 Å². The van der Waals surface area contributed by atoms with Crippen LogP contribution in [0.3, 0.4) is 0 Å². The van der Waals surface area contributed by atoms with Crippen molar-refractivity contribution in [2.24, 2.45) is 7.05 Å². The Bertz CT molecular complexity index is 338. The van der Waals surface area contributed by atoms with Crippen molar-refractivity contribution in [1.82, 2.24) is 9.78 Å². The lowest BCUT2D eigenvalue weighted by molar-refractivity contribution is 0.579. The van der Waals surface area contributed by atoms with E-state index in [9.17, 15) is 4.79 Å². The number of aromatic nitrogens is 2. The monoisotopic (exact) mass is 168 g/mol. The van der Waals surface area contributed by atoms with Gasteiger partial charge in [0.25, 0.3) is 5.56 Å². The Kier molecular flexibility index (Phi) is 1.90. The van der Waals surface area contributed by atoms with Crippen molar-refractivity contribution in [1.29, 1.82) is 0 Å². The zero-order chi connectivity index (χ0) is 9.52. The fraction of sp³-hybridized carbons (Fsp3) is 0.667. The number of aryl methyl sites for hydroxylation is 1. The Morgan fingerprint density at radius 3 is 2.00 bits per heavy atom. The molecule has 0 spiro atoms. The second-order valence-electron chi connectivity index (χ2n) is 4.21. The van der Waals surface area contributed by atoms with Crippen LogP contribution in [0, 0.1) is 6.92 Å². The predicted octanol–water partition coefficient (Wildman–Crippen LogP) is 1.32. The maximum absolute atomic E-state index is 11.4. The second-order valence-corrected chi connectivity index (χ2v) is 4.21. The zero-order valence-corrected chi connectivity index (χ0v) is 8.36. The molecule has 0 aliphatic rings. The van der Waals surface area contributed by atoms with Crippen molar-refractivity contribution in [2.75, 3.05) is 0 Å². The van der Waals surface area contributed by atoms with Crippen LogP contribution in [0.1, 0.15) is 32.0 Å². The highest BCUT2D eigenvalue weighted by molar-refractivity contribution is 5.24. The summed E-state index contributed by atoms with van der Waals surface area (Å²) in [5.41, 5.74) is 1.86. The van der Waals surface area contributed by atoms with Gasteiger partial charge in [0.1, 0.15) is 0 Å². The van der Waals surface area contributed by atoms with E-state index in [0.717, 1.165) is 11.3 Å². The molecule has 12 heavy (non-hydrogen) atoms. The molecule has 1 rings (SSSR count). The van der Waals surface area contributed by atoms with Gasteiger partial charge in [-0.05, 0) is 12.3 Å². The van der Waals surface area contributed by atoms with Crippen molar-refractivity contribution in [3.05, 3.63) is 21.6 Å². The van der Waals surface area contributed by atoms with Crippen molar-refractivity contribution in [3.8, 4) is 0 Å². The Balaban J connectivity index is 3.43. The van der Waals surface area contributed by atoms with E-state index in [4.69, 9.17) is 0 Å². The first kappa shape index (κ1) is 9.10. The van der Waals surface area contributed by atoms with Crippen LogP contribution in [0.25, 0.3) is 0 Å². The van der Waals surface area contributed by atoms with Gasteiger partial charge in [-0.25, -0.2) is 0 Å². The molecule has 0 fully saturated rings. The third-order valence-electron chi connectivity index (χ3n) is 2.11. The van der Waals surface area contributed by atoms with Gasteiger partial charge in [0, 0.05) is 18.3 Å². The first-order chi connectivity index (χ1) is 5.34. The van der Waals surface area contributed by atoms with Crippen LogP contribution in [-0.2, 0) is 12.5 Å². The summed E-state index contributed by atoms with van der Waals surface area (Å²) in [4.78, 5) is 11.4. The molecule has 0 aliphatic heterocycles. The van der Waals surface area contributed by atoms with Crippen LogP contribution in [-0.4, -0.2) is 9.78 Å². The summed E-state index contributed by atoms with van der Waals surface area (Å²) in [6.45, 7) is 8.10. The minimum Gasteiger partial charge on any atom is -0.292 e. The molecule has 0 aromatic carbocycles. The highest BCUT2D eigenvalue weighted by Gasteiger charge is 2.22. The van der Waals surface area contributed by atoms with Gasteiger partial charge >= 0.3 is 0 Å². The van der Waals surface area contributed by atoms with Crippen molar-refractivity contribution < 1.29 is 0 Å². The number of H-pyrrole nitrogens is 1. The summed E-state index contributed by atoms with van der Waals surface area (Å²) in [5, 5.41) is 2.74. The summed E-state index contributed by atoms with van der Waals surface area (Å²) in [6, 6.07) is 0. The molecule has 0 radical (unpaired) electrons. The number of hydrogen-bond donors (Lipinski definition) is 1. The first-order valence-corrected chi connectivity index (χ1v) is 4.10. The molecule has 1 aromatic heterocycles. The van der Waals surface area contributed by atoms with Gasteiger partial charge in [0.15, 0.2) is 0 Å².